The molecule has 1 saturated carbocycles. The van der Waals surface area contributed by atoms with Gasteiger partial charge in [0, 0.05) is 26.3 Å². The van der Waals surface area contributed by atoms with E-state index in [2.05, 4.69) is 0 Å². The van der Waals surface area contributed by atoms with Crippen LogP contribution in [0.15, 0.2) is 0 Å². The summed E-state index contributed by atoms with van der Waals surface area (Å²) in [7, 11) is 0. The number of Topliss-reactive ketones (excluding diaryl/α,β-unsaturated/α-hetero) is 1. The van der Waals surface area contributed by atoms with Gasteiger partial charge < -0.3 is 24.2 Å². The van der Waals surface area contributed by atoms with Gasteiger partial charge in [0.25, 0.3) is 0 Å². The van der Waals surface area contributed by atoms with E-state index in [4.69, 9.17) is 14.2 Å². The SMILES string of the molecule is C.C1CCOC1.CC(=O)[C@@H]1CCCN1C(=O)OC(C)(C)C.CC(C)(C)OC(=O)N1CCC[C@H]1C1(O)CCCCC1.S.S. The standard InChI is InChI=1S/C15H27NO3.C11H19NO3.C4H8O.CH4.2H2S/c1-14(2,3)19-13(17)16-11-7-8-12(16)15(18)9-5-4-6-10-15;1-8(13)9-6-5-7-12(9)10(14)15-11(2,3)4;1-2-4-5-3-1;;;/h12,18H,4-11H2,1-3H3;9H,5-7H2,1-4H3;1-4H2;1H4;2*1H2/t12-;9-;;;;/m00..../s1. The predicted molar refractivity (Wildman–Crippen MR) is 178 cm³/mol. The summed E-state index contributed by atoms with van der Waals surface area (Å²) in [6, 6.07) is -0.331. The Morgan fingerprint density at radius 1 is 0.738 bits per heavy atom. The number of ketones is 1. The van der Waals surface area contributed by atoms with E-state index in [-0.39, 0.29) is 64.5 Å². The van der Waals surface area contributed by atoms with Crippen molar-refractivity contribution in [3.8, 4) is 0 Å². The van der Waals surface area contributed by atoms with E-state index in [0.717, 1.165) is 64.6 Å². The Kier molecular flexibility index (Phi) is 19.7. The lowest BCUT2D eigenvalue weighted by Gasteiger charge is -2.41. The van der Waals surface area contributed by atoms with Gasteiger partial charge in [-0.25, -0.2) is 9.59 Å². The van der Waals surface area contributed by atoms with Gasteiger partial charge >= 0.3 is 12.2 Å². The minimum absolute atomic E-state index is 0. The van der Waals surface area contributed by atoms with Gasteiger partial charge in [0.05, 0.1) is 17.7 Å². The van der Waals surface area contributed by atoms with Gasteiger partial charge in [0.1, 0.15) is 11.2 Å². The molecule has 9 nitrogen and oxygen atoms in total. The van der Waals surface area contributed by atoms with Crippen molar-refractivity contribution in [3.63, 3.8) is 0 Å². The Morgan fingerprint density at radius 2 is 1.19 bits per heavy atom. The maximum absolute atomic E-state index is 12.2. The van der Waals surface area contributed by atoms with E-state index in [9.17, 15) is 19.5 Å². The number of nitrogens with zero attached hydrogens (tertiary/aromatic N) is 2. The third-order valence-electron chi connectivity index (χ3n) is 7.40. The molecule has 0 aromatic carbocycles. The molecule has 4 fully saturated rings. The van der Waals surface area contributed by atoms with E-state index in [1.165, 1.54) is 31.1 Å². The molecule has 0 aromatic rings. The Hall–Kier alpha value is -1.17. The summed E-state index contributed by atoms with van der Waals surface area (Å²) in [4.78, 5) is 38.5. The van der Waals surface area contributed by atoms with E-state index in [0.29, 0.717) is 13.1 Å². The number of rotatable bonds is 2. The van der Waals surface area contributed by atoms with Gasteiger partial charge in [-0.15, -0.1) is 0 Å². The Balaban J connectivity index is 0. The van der Waals surface area contributed by atoms with Crippen LogP contribution in [0.3, 0.4) is 0 Å². The molecular weight excluding hydrogens is 576 g/mol. The molecule has 1 N–H and O–H groups in total. The first-order valence-corrected chi connectivity index (χ1v) is 14.9. The number of likely N-dealkylation sites (tertiary alicyclic amines) is 2. The van der Waals surface area contributed by atoms with Crippen molar-refractivity contribution >= 4 is 45.0 Å². The molecule has 4 rings (SSSR count). The van der Waals surface area contributed by atoms with Crippen LogP contribution in [0.4, 0.5) is 9.59 Å². The first-order valence-electron chi connectivity index (χ1n) is 14.9. The van der Waals surface area contributed by atoms with Crippen LogP contribution in [0.1, 0.15) is 127 Å². The molecule has 1 aliphatic carbocycles. The zero-order valence-corrected chi connectivity index (χ0v) is 28.6. The number of hydrogen-bond acceptors (Lipinski definition) is 7. The van der Waals surface area contributed by atoms with Crippen molar-refractivity contribution in [2.45, 2.75) is 155 Å². The number of ether oxygens (including phenoxy) is 3. The van der Waals surface area contributed by atoms with Crippen molar-refractivity contribution in [1.82, 2.24) is 9.80 Å². The van der Waals surface area contributed by atoms with E-state index >= 15 is 0 Å². The van der Waals surface area contributed by atoms with Gasteiger partial charge in [0.15, 0.2) is 5.78 Å². The molecule has 2 atom stereocenters. The molecule has 0 spiro atoms. The van der Waals surface area contributed by atoms with Gasteiger partial charge in [-0.1, -0.05) is 26.7 Å². The number of aliphatic hydroxyl groups is 1. The lowest BCUT2D eigenvalue weighted by Crippen LogP contribution is -2.53. The highest BCUT2D eigenvalue weighted by Crippen LogP contribution is 2.38. The molecule has 11 heteroatoms. The summed E-state index contributed by atoms with van der Waals surface area (Å²) in [5.41, 5.74) is -1.66. The van der Waals surface area contributed by atoms with E-state index in [1.807, 2.05) is 41.5 Å². The first-order chi connectivity index (χ1) is 18.1. The Labute approximate surface area is 269 Å². The molecule has 3 heterocycles. The molecule has 2 amide bonds. The third kappa shape index (κ3) is 14.5. The van der Waals surface area contributed by atoms with Gasteiger partial charge in [0.2, 0.25) is 0 Å². The third-order valence-corrected chi connectivity index (χ3v) is 7.40. The normalized spacial score (nSPS) is 23.0. The number of carbonyl (C=O) groups is 3. The maximum Gasteiger partial charge on any atom is 0.410 e. The second kappa shape index (κ2) is 19.3. The molecular formula is C31H62N2O7S2. The van der Waals surface area contributed by atoms with Crippen LogP contribution in [0, 0.1) is 0 Å². The molecule has 0 radical (unpaired) electrons. The van der Waals surface area contributed by atoms with Crippen molar-refractivity contribution in [2.75, 3.05) is 26.3 Å². The van der Waals surface area contributed by atoms with Crippen molar-refractivity contribution < 1.29 is 33.7 Å². The minimum atomic E-state index is -0.689. The fraction of sp³-hybridized carbons (Fsp3) is 0.903. The summed E-state index contributed by atoms with van der Waals surface area (Å²) in [5, 5.41) is 10.8. The molecule has 42 heavy (non-hydrogen) atoms. The topological polar surface area (TPSA) is 106 Å². The van der Waals surface area contributed by atoms with Gasteiger partial charge in [-0.3, -0.25) is 9.69 Å². The second-order valence-electron chi connectivity index (χ2n) is 13.3. The van der Waals surface area contributed by atoms with Crippen LogP contribution < -0.4 is 0 Å². The predicted octanol–water partition coefficient (Wildman–Crippen LogP) is 6.71. The number of carbonyl (C=O) groups excluding carboxylic acids is 3. The summed E-state index contributed by atoms with van der Waals surface area (Å²) in [6.45, 7) is 16.0. The van der Waals surface area contributed by atoms with Crippen LogP contribution >= 0.6 is 27.0 Å². The quantitative estimate of drug-likeness (QED) is 0.358. The largest absolute Gasteiger partial charge is 0.444 e. The van der Waals surface area contributed by atoms with Crippen molar-refractivity contribution in [1.29, 1.82) is 0 Å². The van der Waals surface area contributed by atoms with Crippen molar-refractivity contribution in [2.24, 2.45) is 0 Å². The molecule has 0 bridgehead atoms. The number of amides is 2. The maximum atomic E-state index is 12.2. The lowest BCUT2D eigenvalue weighted by atomic mass is 9.78. The monoisotopic (exact) mass is 638 g/mol. The van der Waals surface area contributed by atoms with E-state index in [1.54, 1.807) is 4.90 Å². The molecule has 4 aliphatic rings. The minimum Gasteiger partial charge on any atom is -0.444 e. The summed E-state index contributed by atoms with van der Waals surface area (Å²) in [5.74, 6) is 0.0401. The zero-order chi connectivity index (χ0) is 29.3. The van der Waals surface area contributed by atoms with Crippen molar-refractivity contribution in [3.05, 3.63) is 0 Å². The number of hydrogen-bond donors (Lipinski definition) is 1. The summed E-state index contributed by atoms with van der Waals surface area (Å²) in [6.07, 6.45) is 10.4. The molecule has 3 aliphatic heterocycles. The Bertz CT molecular complexity index is 796. The smallest absolute Gasteiger partial charge is 0.410 e. The molecule has 0 unspecified atom stereocenters. The highest BCUT2D eigenvalue weighted by atomic mass is 32.1. The Morgan fingerprint density at radius 3 is 1.62 bits per heavy atom. The first kappa shape index (κ1) is 43.0. The van der Waals surface area contributed by atoms with Gasteiger partial charge in [-0.05, 0) is 99.8 Å². The molecule has 3 saturated heterocycles. The summed E-state index contributed by atoms with van der Waals surface area (Å²) < 4.78 is 15.6. The summed E-state index contributed by atoms with van der Waals surface area (Å²) >= 11 is 0. The molecule has 250 valence electrons. The fourth-order valence-electron chi connectivity index (χ4n) is 5.60. The fourth-order valence-corrected chi connectivity index (χ4v) is 5.60. The lowest BCUT2D eigenvalue weighted by molar-refractivity contribution is -0.121. The van der Waals surface area contributed by atoms with Crippen LogP contribution in [-0.2, 0) is 19.0 Å². The second-order valence-corrected chi connectivity index (χ2v) is 13.3. The van der Waals surface area contributed by atoms with Gasteiger partial charge in [-0.2, -0.15) is 27.0 Å². The highest BCUT2D eigenvalue weighted by Gasteiger charge is 2.46. The van der Waals surface area contributed by atoms with Crippen LogP contribution in [0.5, 0.6) is 0 Å². The average Bonchev–Trinajstić information content (AvgIpc) is 3.61. The highest BCUT2D eigenvalue weighted by molar-refractivity contribution is 7.59. The average molecular weight is 639 g/mol. The molecule has 0 aromatic heterocycles. The van der Waals surface area contributed by atoms with Crippen LogP contribution in [0.25, 0.3) is 0 Å². The zero-order valence-electron chi connectivity index (χ0n) is 26.6. The van der Waals surface area contributed by atoms with E-state index < -0.39 is 16.8 Å². The van der Waals surface area contributed by atoms with Crippen LogP contribution in [0.2, 0.25) is 0 Å². The van der Waals surface area contributed by atoms with Crippen LogP contribution in [-0.4, -0.2) is 88.1 Å².